The summed E-state index contributed by atoms with van der Waals surface area (Å²) in [6.07, 6.45) is 1.83. The first-order chi connectivity index (χ1) is 7.52. The van der Waals surface area contributed by atoms with Gasteiger partial charge in [-0.3, -0.25) is 9.59 Å². The molecule has 0 aliphatic heterocycles. The molecule has 0 heterocycles. The smallest absolute Gasteiger partial charge is 0.323 e. The molecular formula is C10H18N2O4. The van der Waals surface area contributed by atoms with Gasteiger partial charge >= 0.3 is 5.97 Å². The number of aliphatic carboxylic acids is 1. The van der Waals surface area contributed by atoms with E-state index in [-0.39, 0.29) is 13.1 Å². The van der Waals surface area contributed by atoms with Crippen molar-refractivity contribution >= 4 is 11.9 Å². The lowest BCUT2D eigenvalue weighted by molar-refractivity contribution is -0.144. The molecule has 0 aliphatic rings. The minimum atomic E-state index is -1.07. The molecule has 0 spiro atoms. The maximum absolute atomic E-state index is 11.7. The lowest BCUT2D eigenvalue weighted by Gasteiger charge is -2.22. The Balaban J connectivity index is 4.34. The standard InChI is InChI=1S/C10H18N2O4/c1-3-5-12(7-9(13)14)10(15)8(11)4-6-16-2/h3,8H,1,4-7,11H2,2H3,(H,13,14). The highest BCUT2D eigenvalue weighted by molar-refractivity contribution is 5.85. The summed E-state index contributed by atoms with van der Waals surface area (Å²) in [5.74, 6) is -1.48. The average Bonchev–Trinajstić information content (AvgIpc) is 2.23. The topological polar surface area (TPSA) is 92.9 Å². The number of carbonyl (C=O) groups excluding carboxylic acids is 1. The van der Waals surface area contributed by atoms with Crippen LogP contribution in [0.3, 0.4) is 0 Å². The van der Waals surface area contributed by atoms with Gasteiger partial charge in [0.2, 0.25) is 5.91 Å². The zero-order chi connectivity index (χ0) is 12.6. The number of nitrogens with two attached hydrogens (primary N) is 1. The van der Waals surface area contributed by atoms with Gasteiger partial charge in [0.1, 0.15) is 6.54 Å². The lowest BCUT2D eigenvalue weighted by Crippen LogP contribution is -2.46. The SMILES string of the molecule is C=CCN(CC(=O)O)C(=O)C(N)CCOC. The molecule has 0 bridgehead atoms. The predicted octanol–water partition coefficient (Wildman–Crippen LogP) is -0.551. The number of hydrogen-bond acceptors (Lipinski definition) is 4. The quantitative estimate of drug-likeness (QED) is 0.546. The molecule has 0 aliphatic carbocycles. The van der Waals surface area contributed by atoms with Crippen molar-refractivity contribution in [2.75, 3.05) is 26.8 Å². The van der Waals surface area contributed by atoms with E-state index in [4.69, 9.17) is 15.6 Å². The Kier molecular flexibility index (Phi) is 7.15. The Morgan fingerprint density at radius 2 is 2.25 bits per heavy atom. The largest absolute Gasteiger partial charge is 0.480 e. The van der Waals surface area contributed by atoms with E-state index >= 15 is 0 Å². The third kappa shape index (κ3) is 5.47. The van der Waals surface area contributed by atoms with E-state index in [1.54, 1.807) is 0 Å². The van der Waals surface area contributed by atoms with Gasteiger partial charge in [0.15, 0.2) is 0 Å². The number of carboxylic acid groups (broad SMARTS) is 1. The predicted molar refractivity (Wildman–Crippen MR) is 58.9 cm³/mol. The van der Waals surface area contributed by atoms with E-state index in [2.05, 4.69) is 6.58 Å². The van der Waals surface area contributed by atoms with E-state index in [0.29, 0.717) is 13.0 Å². The number of hydrogen-bond donors (Lipinski definition) is 2. The second kappa shape index (κ2) is 7.84. The van der Waals surface area contributed by atoms with Crippen LogP contribution >= 0.6 is 0 Å². The molecular weight excluding hydrogens is 212 g/mol. The van der Waals surface area contributed by atoms with Crippen molar-refractivity contribution in [3.63, 3.8) is 0 Å². The average molecular weight is 230 g/mol. The zero-order valence-electron chi connectivity index (χ0n) is 9.39. The summed E-state index contributed by atoms with van der Waals surface area (Å²) in [5.41, 5.74) is 5.61. The molecule has 0 saturated carbocycles. The molecule has 0 rings (SSSR count). The first-order valence-electron chi connectivity index (χ1n) is 4.89. The molecule has 0 fully saturated rings. The van der Waals surface area contributed by atoms with Crippen LogP contribution in [-0.4, -0.2) is 54.7 Å². The van der Waals surface area contributed by atoms with Gasteiger partial charge in [0.05, 0.1) is 6.04 Å². The van der Waals surface area contributed by atoms with E-state index in [0.717, 1.165) is 4.90 Å². The molecule has 1 atom stereocenters. The van der Waals surface area contributed by atoms with Crippen LogP contribution in [0.4, 0.5) is 0 Å². The summed E-state index contributed by atoms with van der Waals surface area (Å²) in [4.78, 5) is 23.4. The van der Waals surface area contributed by atoms with Crippen molar-refractivity contribution in [1.82, 2.24) is 4.90 Å². The van der Waals surface area contributed by atoms with Crippen molar-refractivity contribution in [3.05, 3.63) is 12.7 Å². The minimum absolute atomic E-state index is 0.172. The summed E-state index contributed by atoms with van der Waals surface area (Å²) in [5, 5.41) is 8.62. The van der Waals surface area contributed by atoms with E-state index in [9.17, 15) is 9.59 Å². The van der Waals surface area contributed by atoms with Gasteiger partial charge in [-0.2, -0.15) is 0 Å². The van der Waals surface area contributed by atoms with Crippen LogP contribution < -0.4 is 5.73 Å². The number of nitrogens with zero attached hydrogens (tertiary/aromatic N) is 1. The van der Waals surface area contributed by atoms with Crippen LogP contribution in [0.1, 0.15) is 6.42 Å². The lowest BCUT2D eigenvalue weighted by atomic mass is 10.2. The van der Waals surface area contributed by atoms with Gasteiger partial charge in [-0.15, -0.1) is 6.58 Å². The summed E-state index contributed by atoms with van der Waals surface area (Å²) in [7, 11) is 1.51. The fourth-order valence-electron chi connectivity index (χ4n) is 1.15. The molecule has 1 amide bonds. The molecule has 1 unspecified atom stereocenters. The minimum Gasteiger partial charge on any atom is -0.480 e. The van der Waals surface area contributed by atoms with Crippen molar-refractivity contribution < 1.29 is 19.4 Å². The van der Waals surface area contributed by atoms with Crippen LogP contribution in [0.15, 0.2) is 12.7 Å². The third-order valence-corrected chi connectivity index (χ3v) is 1.94. The first-order valence-corrected chi connectivity index (χ1v) is 4.89. The normalized spacial score (nSPS) is 11.9. The molecule has 0 aromatic rings. The molecule has 92 valence electrons. The first kappa shape index (κ1) is 14.6. The molecule has 0 radical (unpaired) electrons. The Morgan fingerprint density at radius 1 is 1.62 bits per heavy atom. The van der Waals surface area contributed by atoms with Crippen LogP contribution in [-0.2, 0) is 14.3 Å². The summed E-state index contributed by atoms with van der Waals surface area (Å²) < 4.78 is 4.80. The molecule has 0 aromatic carbocycles. The highest BCUT2D eigenvalue weighted by Gasteiger charge is 2.21. The van der Waals surface area contributed by atoms with E-state index in [1.807, 2.05) is 0 Å². The summed E-state index contributed by atoms with van der Waals surface area (Å²) in [6.45, 7) is 3.63. The highest BCUT2D eigenvalue weighted by Crippen LogP contribution is 1.98. The van der Waals surface area contributed by atoms with Gasteiger partial charge < -0.3 is 20.5 Å². The number of amides is 1. The van der Waals surface area contributed by atoms with Gasteiger partial charge in [-0.05, 0) is 6.42 Å². The Labute approximate surface area is 94.7 Å². The summed E-state index contributed by atoms with van der Waals surface area (Å²) in [6, 6.07) is -0.737. The fraction of sp³-hybridized carbons (Fsp3) is 0.600. The van der Waals surface area contributed by atoms with E-state index < -0.39 is 17.9 Å². The highest BCUT2D eigenvalue weighted by atomic mass is 16.5. The van der Waals surface area contributed by atoms with Crippen molar-refractivity contribution in [2.45, 2.75) is 12.5 Å². The van der Waals surface area contributed by atoms with Gasteiger partial charge in [0, 0.05) is 20.3 Å². The number of carbonyl (C=O) groups is 2. The van der Waals surface area contributed by atoms with Crippen molar-refractivity contribution in [2.24, 2.45) is 5.73 Å². The maximum Gasteiger partial charge on any atom is 0.323 e. The number of carboxylic acids is 1. The second-order valence-corrected chi connectivity index (χ2v) is 3.29. The number of ether oxygens (including phenoxy) is 1. The van der Waals surface area contributed by atoms with Gasteiger partial charge in [0.25, 0.3) is 0 Å². The van der Waals surface area contributed by atoms with E-state index in [1.165, 1.54) is 13.2 Å². The van der Waals surface area contributed by atoms with Crippen LogP contribution in [0.5, 0.6) is 0 Å². The van der Waals surface area contributed by atoms with Crippen molar-refractivity contribution in [1.29, 1.82) is 0 Å². The molecule has 0 aromatic heterocycles. The fourth-order valence-corrected chi connectivity index (χ4v) is 1.15. The third-order valence-electron chi connectivity index (χ3n) is 1.94. The van der Waals surface area contributed by atoms with Crippen molar-refractivity contribution in [3.8, 4) is 0 Å². The van der Waals surface area contributed by atoms with Gasteiger partial charge in [-0.25, -0.2) is 0 Å². The zero-order valence-corrected chi connectivity index (χ0v) is 9.39. The molecule has 16 heavy (non-hydrogen) atoms. The monoisotopic (exact) mass is 230 g/mol. The molecule has 0 saturated heterocycles. The Hall–Kier alpha value is -1.40. The second-order valence-electron chi connectivity index (χ2n) is 3.29. The van der Waals surface area contributed by atoms with Crippen LogP contribution in [0.2, 0.25) is 0 Å². The van der Waals surface area contributed by atoms with Crippen LogP contribution in [0.25, 0.3) is 0 Å². The van der Waals surface area contributed by atoms with Crippen LogP contribution in [0, 0.1) is 0 Å². The molecule has 3 N–H and O–H groups in total. The maximum atomic E-state index is 11.7. The Morgan fingerprint density at radius 3 is 2.69 bits per heavy atom. The summed E-state index contributed by atoms with van der Waals surface area (Å²) >= 11 is 0. The number of methoxy groups -OCH3 is 1. The number of rotatable bonds is 8. The Bertz CT molecular complexity index is 255. The van der Waals surface area contributed by atoms with Gasteiger partial charge in [-0.1, -0.05) is 6.08 Å². The molecule has 6 nitrogen and oxygen atoms in total. The molecule has 6 heteroatoms.